The van der Waals surface area contributed by atoms with Crippen molar-refractivity contribution in [2.75, 3.05) is 15.8 Å². The molecule has 0 atom stereocenters. The van der Waals surface area contributed by atoms with Gasteiger partial charge in [-0.25, -0.2) is 8.42 Å². The van der Waals surface area contributed by atoms with Crippen molar-refractivity contribution in [1.82, 2.24) is 0 Å². The van der Waals surface area contributed by atoms with Gasteiger partial charge in [-0.15, -0.1) is 11.8 Å². The maximum absolute atomic E-state index is 12.8. The van der Waals surface area contributed by atoms with Gasteiger partial charge in [0.15, 0.2) is 0 Å². The number of thioether (sulfide) groups is 1. The fourth-order valence-corrected chi connectivity index (χ4v) is 5.07. The van der Waals surface area contributed by atoms with Gasteiger partial charge in [0, 0.05) is 16.1 Å². The standard InChI is InChI=1S/C22H21ClN2O3S2/c1-3-29-20-7-5-4-6-19(20)24-22(26)16-10-13-18(23)21(14-16)30(27,28)25-17-11-8-15(2)9-12-17/h4-14,25H,3H2,1-2H3,(H,24,26). The number of aryl methyl sites for hydroxylation is 1. The topological polar surface area (TPSA) is 75.3 Å². The Morgan fingerprint density at radius 1 is 1.03 bits per heavy atom. The van der Waals surface area contributed by atoms with Gasteiger partial charge in [0.2, 0.25) is 0 Å². The molecule has 3 rings (SSSR count). The van der Waals surface area contributed by atoms with Crippen LogP contribution in [0.5, 0.6) is 0 Å². The Balaban J connectivity index is 1.87. The predicted octanol–water partition coefficient (Wildman–Crippen LogP) is 5.81. The van der Waals surface area contributed by atoms with Crippen LogP contribution in [-0.4, -0.2) is 20.1 Å². The van der Waals surface area contributed by atoms with Gasteiger partial charge >= 0.3 is 0 Å². The van der Waals surface area contributed by atoms with E-state index in [2.05, 4.69) is 10.0 Å². The molecule has 5 nitrogen and oxygen atoms in total. The van der Waals surface area contributed by atoms with Crippen LogP contribution in [0.25, 0.3) is 0 Å². The number of benzene rings is 3. The Labute approximate surface area is 185 Å². The summed E-state index contributed by atoms with van der Waals surface area (Å²) < 4.78 is 28.2. The number of para-hydroxylation sites is 1. The van der Waals surface area contributed by atoms with Crippen molar-refractivity contribution in [2.45, 2.75) is 23.6 Å². The van der Waals surface area contributed by atoms with E-state index in [-0.39, 0.29) is 15.5 Å². The van der Waals surface area contributed by atoms with Crippen LogP contribution >= 0.6 is 23.4 Å². The number of carbonyl (C=O) groups is 1. The van der Waals surface area contributed by atoms with Gasteiger partial charge in [0.1, 0.15) is 4.90 Å². The van der Waals surface area contributed by atoms with Gasteiger partial charge in [-0.1, -0.05) is 48.4 Å². The monoisotopic (exact) mass is 460 g/mol. The number of anilines is 2. The van der Waals surface area contributed by atoms with Crippen LogP contribution in [-0.2, 0) is 10.0 Å². The SMILES string of the molecule is CCSc1ccccc1NC(=O)c1ccc(Cl)c(S(=O)(=O)Nc2ccc(C)cc2)c1. The van der Waals surface area contributed by atoms with Crippen LogP contribution in [0.3, 0.4) is 0 Å². The summed E-state index contributed by atoms with van der Waals surface area (Å²) in [6, 6.07) is 18.6. The van der Waals surface area contributed by atoms with Crippen molar-refractivity contribution >= 4 is 50.7 Å². The fraction of sp³-hybridized carbons (Fsp3) is 0.136. The molecule has 1 amide bonds. The number of nitrogens with one attached hydrogen (secondary N) is 2. The van der Waals surface area contributed by atoms with Crippen molar-refractivity contribution < 1.29 is 13.2 Å². The summed E-state index contributed by atoms with van der Waals surface area (Å²) in [5.74, 6) is 0.448. The zero-order valence-corrected chi connectivity index (χ0v) is 18.9. The smallest absolute Gasteiger partial charge is 0.263 e. The molecule has 3 aromatic carbocycles. The number of rotatable bonds is 7. The number of hydrogen-bond acceptors (Lipinski definition) is 4. The van der Waals surface area contributed by atoms with Crippen LogP contribution in [0.2, 0.25) is 5.02 Å². The molecule has 2 N–H and O–H groups in total. The highest BCUT2D eigenvalue weighted by atomic mass is 35.5. The van der Waals surface area contributed by atoms with Crippen molar-refractivity contribution in [2.24, 2.45) is 0 Å². The molecule has 3 aromatic rings. The summed E-state index contributed by atoms with van der Waals surface area (Å²) in [6.45, 7) is 3.94. The van der Waals surface area contributed by atoms with E-state index in [9.17, 15) is 13.2 Å². The maximum atomic E-state index is 12.8. The zero-order chi connectivity index (χ0) is 21.7. The van der Waals surface area contributed by atoms with Crippen molar-refractivity contribution in [3.8, 4) is 0 Å². The van der Waals surface area contributed by atoms with Crippen LogP contribution in [0.4, 0.5) is 11.4 Å². The van der Waals surface area contributed by atoms with Gasteiger partial charge in [0.05, 0.1) is 10.7 Å². The van der Waals surface area contributed by atoms with E-state index in [1.165, 1.54) is 18.2 Å². The third-order valence-electron chi connectivity index (χ3n) is 4.22. The highest BCUT2D eigenvalue weighted by molar-refractivity contribution is 7.99. The number of sulfonamides is 1. The lowest BCUT2D eigenvalue weighted by Crippen LogP contribution is -2.16. The molecule has 0 aliphatic rings. The maximum Gasteiger partial charge on any atom is 0.263 e. The minimum atomic E-state index is -3.97. The Morgan fingerprint density at radius 3 is 2.43 bits per heavy atom. The molecule has 30 heavy (non-hydrogen) atoms. The van der Waals surface area contributed by atoms with E-state index in [1.807, 2.05) is 38.1 Å². The third kappa shape index (κ3) is 5.36. The van der Waals surface area contributed by atoms with Gasteiger partial charge in [-0.3, -0.25) is 9.52 Å². The largest absolute Gasteiger partial charge is 0.321 e. The van der Waals surface area contributed by atoms with Gasteiger partial charge in [0.25, 0.3) is 15.9 Å². The second-order valence-electron chi connectivity index (χ2n) is 6.50. The molecule has 0 saturated heterocycles. The second-order valence-corrected chi connectivity index (χ2v) is 9.86. The zero-order valence-electron chi connectivity index (χ0n) is 16.5. The molecule has 0 aliphatic heterocycles. The molecule has 0 unspecified atom stereocenters. The van der Waals surface area contributed by atoms with Gasteiger partial charge in [-0.2, -0.15) is 0 Å². The first kappa shape index (κ1) is 22.2. The molecule has 0 fully saturated rings. The second kappa shape index (κ2) is 9.55. The number of amides is 1. The Bertz CT molecular complexity index is 1160. The number of hydrogen-bond donors (Lipinski definition) is 2. The summed E-state index contributed by atoms with van der Waals surface area (Å²) in [5, 5.41) is 2.88. The Hall–Kier alpha value is -2.48. The molecule has 156 valence electrons. The lowest BCUT2D eigenvalue weighted by atomic mass is 10.2. The predicted molar refractivity (Wildman–Crippen MR) is 124 cm³/mol. The molecule has 0 aliphatic carbocycles. The molecule has 8 heteroatoms. The minimum absolute atomic E-state index is 0.0353. The highest BCUT2D eigenvalue weighted by Gasteiger charge is 2.21. The van der Waals surface area contributed by atoms with E-state index >= 15 is 0 Å². The Kier molecular flexibility index (Phi) is 7.07. The summed E-state index contributed by atoms with van der Waals surface area (Å²) in [4.78, 5) is 13.6. The van der Waals surface area contributed by atoms with Gasteiger partial charge in [-0.05, 0) is 55.1 Å². The first-order valence-electron chi connectivity index (χ1n) is 9.22. The third-order valence-corrected chi connectivity index (χ3v) is 7.04. The summed E-state index contributed by atoms with van der Waals surface area (Å²) in [5.41, 5.74) is 2.29. The molecule has 0 bridgehead atoms. The van der Waals surface area contributed by atoms with Crippen molar-refractivity contribution in [3.05, 3.63) is 82.9 Å². The summed E-state index contributed by atoms with van der Waals surface area (Å²) in [7, 11) is -3.97. The van der Waals surface area contributed by atoms with Crippen LogP contribution in [0.1, 0.15) is 22.8 Å². The highest BCUT2D eigenvalue weighted by Crippen LogP contribution is 2.29. The molecule has 0 spiro atoms. The van der Waals surface area contributed by atoms with E-state index in [1.54, 1.807) is 36.0 Å². The van der Waals surface area contributed by atoms with Crippen LogP contribution < -0.4 is 10.0 Å². The number of carbonyl (C=O) groups excluding carboxylic acids is 1. The average Bonchev–Trinajstić information content (AvgIpc) is 2.71. The molecule has 0 radical (unpaired) electrons. The molecule has 0 aromatic heterocycles. The molecular formula is C22H21ClN2O3S2. The normalized spacial score (nSPS) is 11.2. The van der Waals surface area contributed by atoms with E-state index in [0.29, 0.717) is 11.4 Å². The Morgan fingerprint density at radius 2 is 1.73 bits per heavy atom. The van der Waals surface area contributed by atoms with Crippen molar-refractivity contribution in [3.63, 3.8) is 0 Å². The van der Waals surface area contributed by atoms with Gasteiger partial charge < -0.3 is 5.32 Å². The minimum Gasteiger partial charge on any atom is -0.321 e. The van der Waals surface area contributed by atoms with Crippen LogP contribution in [0, 0.1) is 6.92 Å². The summed E-state index contributed by atoms with van der Waals surface area (Å²) in [6.07, 6.45) is 0. The molecular weight excluding hydrogens is 440 g/mol. The average molecular weight is 461 g/mol. The number of halogens is 1. The molecule has 0 heterocycles. The lowest BCUT2D eigenvalue weighted by Gasteiger charge is -2.13. The first-order valence-corrected chi connectivity index (χ1v) is 12.1. The first-order chi connectivity index (χ1) is 14.3. The van der Waals surface area contributed by atoms with E-state index < -0.39 is 15.9 Å². The quantitative estimate of drug-likeness (QED) is 0.436. The van der Waals surface area contributed by atoms with E-state index in [0.717, 1.165) is 16.2 Å². The fourth-order valence-electron chi connectivity index (χ4n) is 2.73. The summed E-state index contributed by atoms with van der Waals surface area (Å²) >= 11 is 7.76. The van der Waals surface area contributed by atoms with Crippen LogP contribution in [0.15, 0.2) is 76.5 Å². The molecule has 0 saturated carbocycles. The van der Waals surface area contributed by atoms with Crippen molar-refractivity contribution in [1.29, 1.82) is 0 Å². The lowest BCUT2D eigenvalue weighted by molar-refractivity contribution is 0.102. The van der Waals surface area contributed by atoms with E-state index in [4.69, 9.17) is 11.6 Å².